The Morgan fingerprint density at radius 2 is 1.89 bits per heavy atom. The molecular weight excluding hydrogens is 340 g/mol. The Labute approximate surface area is 155 Å². The van der Waals surface area contributed by atoms with Gasteiger partial charge in [0.05, 0.1) is 22.3 Å². The molecule has 2 aromatic carbocycles. The number of amides is 1. The van der Waals surface area contributed by atoms with Crippen LogP contribution in [0.3, 0.4) is 0 Å². The molecule has 0 saturated carbocycles. The summed E-state index contributed by atoms with van der Waals surface area (Å²) < 4.78 is 1.65. The molecule has 0 radical (unpaired) electrons. The summed E-state index contributed by atoms with van der Waals surface area (Å²) >= 11 is 0. The molecule has 134 valence electrons. The summed E-state index contributed by atoms with van der Waals surface area (Å²) in [5, 5.41) is 20.0. The van der Waals surface area contributed by atoms with E-state index in [1.165, 1.54) is 0 Å². The van der Waals surface area contributed by atoms with Gasteiger partial charge in [-0.2, -0.15) is 0 Å². The first-order chi connectivity index (χ1) is 13.0. The Balaban J connectivity index is 1.77. The molecule has 1 amide bonds. The summed E-state index contributed by atoms with van der Waals surface area (Å²) in [6, 6.07) is 15.1. The fourth-order valence-corrected chi connectivity index (χ4v) is 3.36. The first-order valence-electron chi connectivity index (χ1n) is 8.57. The normalized spacial score (nSPS) is 11.7. The van der Waals surface area contributed by atoms with Crippen LogP contribution in [0.15, 0.2) is 58.8 Å². The second-order valence-electron chi connectivity index (χ2n) is 6.52. The van der Waals surface area contributed by atoms with E-state index in [0.717, 1.165) is 27.4 Å². The lowest BCUT2D eigenvalue weighted by atomic mass is 10.1. The van der Waals surface area contributed by atoms with Gasteiger partial charge in [-0.15, -0.1) is 10.2 Å². The molecule has 0 fully saturated rings. The minimum atomic E-state index is -0.491. The SMILES string of the molecule is Cc1nc2ccccc2cc1C(=O)N=Nc1c(O)n(C)c2c(C)cccc12. The van der Waals surface area contributed by atoms with Crippen LogP contribution in [0.1, 0.15) is 21.6 Å². The molecule has 2 aromatic heterocycles. The monoisotopic (exact) mass is 358 g/mol. The van der Waals surface area contributed by atoms with Crippen LogP contribution in [0.5, 0.6) is 5.88 Å². The Hall–Kier alpha value is -3.54. The van der Waals surface area contributed by atoms with Gasteiger partial charge in [0.1, 0.15) is 0 Å². The number of para-hydroxylation sites is 2. The number of pyridine rings is 1. The summed E-state index contributed by atoms with van der Waals surface area (Å²) in [5.41, 5.74) is 3.97. The third-order valence-electron chi connectivity index (χ3n) is 4.74. The van der Waals surface area contributed by atoms with E-state index in [-0.39, 0.29) is 11.6 Å². The molecule has 0 atom stereocenters. The van der Waals surface area contributed by atoms with Crippen LogP contribution in [-0.4, -0.2) is 20.6 Å². The van der Waals surface area contributed by atoms with Crippen molar-refractivity contribution in [3.05, 3.63) is 65.4 Å². The van der Waals surface area contributed by atoms with Crippen LogP contribution < -0.4 is 0 Å². The Morgan fingerprint density at radius 1 is 1.11 bits per heavy atom. The molecule has 4 aromatic rings. The maximum absolute atomic E-state index is 12.6. The number of nitrogens with zero attached hydrogens (tertiary/aromatic N) is 4. The molecule has 0 spiro atoms. The lowest BCUT2D eigenvalue weighted by Crippen LogP contribution is -2.00. The third-order valence-corrected chi connectivity index (χ3v) is 4.74. The number of carbonyl (C=O) groups is 1. The zero-order chi connectivity index (χ0) is 19.1. The maximum atomic E-state index is 12.6. The van der Waals surface area contributed by atoms with E-state index >= 15 is 0 Å². The second kappa shape index (κ2) is 6.32. The number of aromatic nitrogens is 2. The predicted octanol–water partition coefficient (Wildman–Crippen LogP) is 4.97. The summed E-state index contributed by atoms with van der Waals surface area (Å²) in [6.07, 6.45) is 0. The highest BCUT2D eigenvalue weighted by atomic mass is 16.3. The van der Waals surface area contributed by atoms with Crippen LogP contribution in [0.4, 0.5) is 5.69 Å². The molecule has 6 nitrogen and oxygen atoms in total. The third kappa shape index (κ3) is 2.75. The molecule has 6 heteroatoms. The average molecular weight is 358 g/mol. The predicted molar refractivity (Wildman–Crippen MR) is 105 cm³/mol. The molecule has 0 aliphatic carbocycles. The van der Waals surface area contributed by atoms with Crippen LogP contribution >= 0.6 is 0 Å². The number of carbonyl (C=O) groups excluding carboxylic acids is 1. The van der Waals surface area contributed by atoms with Crippen molar-refractivity contribution in [2.75, 3.05) is 0 Å². The highest BCUT2D eigenvalue weighted by molar-refractivity contribution is 6.00. The number of aromatic hydroxyl groups is 1. The van der Waals surface area contributed by atoms with Crippen molar-refractivity contribution in [1.82, 2.24) is 9.55 Å². The molecule has 0 aliphatic rings. The maximum Gasteiger partial charge on any atom is 0.297 e. The van der Waals surface area contributed by atoms with E-state index in [1.807, 2.05) is 49.4 Å². The van der Waals surface area contributed by atoms with E-state index in [2.05, 4.69) is 15.2 Å². The van der Waals surface area contributed by atoms with Gasteiger partial charge < -0.3 is 9.67 Å². The standard InChI is InChI=1S/C21H18N4O2/c1-12-7-6-9-15-18(21(27)25(3)19(12)15)23-24-20(26)16-11-14-8-4-5-10-17(14)22-13(16)2/h4-11,27H,1-3H3. The number of azo groups is 1. The molecule has 0 unspecified atom stereocenters. The highest BCUT2D eigenvalue weighted by Gasteiger charge is 2.17. The quantitative estimate of drug-likeness (QED) is 0.514. The molecule has 0 bridgehead atoms. The zero-order valence-corrected chi connectivity index (χ0v) is 15.3. The molecular formula is C21H18N4O2. The van der Waals surface area contributed by atoms with Gasteiger partial charge in [-0.3, -0.25) is 9.78 Å². The number of rotatable bonds is 2. The first kappa shape index (κ1) is 16.9. The summed E-state index contributed by atoms with van der Waals surface area (Å²) in [4.78, 5) is 17.1. The van der Waals surface area contributed by atoms with Crippen molar-refractivity contribution < 1.29 is 9.90 Å². The minimum absolute atomic E-state index is 0.0239. The van der Waals surface area contributed by atoms with E-state index in [4.69, 9.17) is 0 Å². The van der Waals surface area contributed by atoms with Crippen molar-refractivity contribution in [1.29, 1.82) is 0 Å². The van der Waals surface area contributed by atoms with Crippen LogP contribution in [0.2, 0.25) is 0 Å². The minimum Gasteiger partial charge on any atom is -0.493 e. The second-order valence-corrected chi connectivity index (χ2v) is 6.52. The van der Waals surface area contributed by atoms with Gasteiger partial charge in [-0.1, -0.05) is 36.4 Å². The van der Waals surface area contributed by atoms with E-state index in [1.54, 1.807) is 24.6 Å². The Bertz CT molecular complexity index is 1240. The van der Waals surface area contributed by atoms with Gasteiger partial charge in [-0.25, -0.2) is 0 Å². The Morgan fingerprint density at radius 3 is 2.70 bits per heavy atom. The summed E-state index contributed by atoms with van der Waals surface area (Å²) in [7, 11) is 1.75. The van der Waals surface area contributed by atoms with Crippen molar-refractivity contribution >= 4 is 33.4 Å². The number of hydrogen-bond acceptors (Lipinski definition) is 4. The van der Waals surface area contributed by atoms with E-state index < -0.39 is 5.91 Å². The average Bonchev–Trinajstić information content (AvgIpc) is 2.91. The van der Waals surface area contributed by atoms with Crippen LogP contribution in [-0.2, 0) is 7.05 Å². The van der Waals surface area contributed by atoms with Crippen molar-refractivity contribution in [2.24, 2.45) is 17.3 Å². The Kier molecular flexibility index (Phi) is 3.96. The number of benzene rings is 2. The van der Waals surface area contributed by atoms with Gasteiger partial charge in [0.2, 0.25) is 5.88 Å². The van der Waals surface area contributed by atoms with E-state index in [9.17, 15) is 9.90 Å². The highest BCUT2D eigenvalue weighted by Crippen LogP contribution is 2.39. The lowest BCUT2D eigenvalue weighted by Gasteiger charge is -2.03. The molecule has 0 saturated heterocycles. The molecule has 0 aliphatic heterocycles. The fraction of sp³-hybridized carbons (Fsp3) is 0.143. The lowest BCUT2D eigenvalue weighted by molar-refractivity contribution is 0.0994. The van der Waals surface area contributed by atoms with Crippen molar-refractivity contribution in [3.8, 4) is 5.88 Å². The zero-order valence-electron chi connectivity index (χ0n) is 15.3. The van der Waals surface area contributed by atoms with Crippen LogP contribution in [0, 0.1) is 13.8 Å². The van der Waals surface area contributed by atoms with Gasteiger partial charge in [0, 0.05) is 17.8 Å². The number of fused-ring (bicyclic) bond motifs is 2. The number of aryl methyl sites for hydroxylation is 3. The van der Waals surface area contributed by atoms with Crippen LogP contribution in [0.25, 0.3) is 21.8 Å². The molecule has 27 heavy (non-hydrogen) atoms. The van der Waals surface area contributed by atoms with Gasteiger partial charge in [0.25, 0.3) is 5.91 Å². The number of hydrogen-bond donors (Lipinski definition) is 1. The van der Waals surface area contributed by atoms with Gasteiger partial charge >= 0.3 is 0 Å². The van der Waals surface area contributed by atoms with Crippen molar-refractivity contribution in [2.45, 2.75) is 13.8 Å². The molecule has 2 heterocycles. The van der Waals surface area contributed by atoms with Gasteiger partial charge in [-0.05, 0) is 31.5 Å². The summed E-state index contributed by atoms with van der Waals surface area (Å²) in [6.45, 7) is 3.73. The first-order valence-corrected chi connectivity index (χ1v) is 8.57. The molecule has 4 rings (SSSR count). The smallest absolute Gasteiger partial charge is 0.297 e. The topological polar surface area (TPSA) is 79.8 Å². The van der Waals surface area contributed by atoms with Gasteiger partial charge in [0.15, 0.2) is 5.69 Å². The van der Waals surface area contributed by atoms with Crippen molar-refractivity contribution in [3.63, 3.8) is 0 Å². The fourth-order valence-electron chi connectivity index (χ4n) is 3.36. The largest absolute Gasteiger partial charge is 0.493 e. The molecule has 1 N–H and O–H groups in total. The summed E-state index contributed by atoms with van der Waals surface area (Å²) in [5.74, 6) is -0.515. The van der Waals surface area contributed by atoms with E-state index in [0.29, 0.717) is 11.3 Å².